The van der Waals surface area contributed by atoms with Gasteiger partial charge in [-0.15, -0.1) is 0 Å². The third kappa shape index (κ3) is 3.45. The van der Waals surface area contributed by atoms with E-state index >= 15 is 0 Å². The molecule has 0 nitrogen and oxygen atoms in total. The van der Waals surface area contributed by atoms with Gasteiger partial charge in [-0.1, -0.05) is 111 Å². The minimum absolute atomic E-state index is 1.28. The molecule has 8 rings (SSSR count). The van der Waals surface area contributed by atoms with E-state index in [1.165, 1.54) is 75.8 Å². The van der Waals surface area contributed by atoms with Gasteiger partial charge in [-0.2, -0.15) is 0 Å². The van der Waals surface area contributed by atoms with Crippen LogP contribution in [0.15, 0.2) is 133 Å². The summed E-state index contributed by atoms with van der Waals surface area (Å²) in [4.78, 5) is 0. The van der Waals surface area contributed by atoms with Crippen molar-refractivity contribution in [1.29, 1.82) is 0 Å². The zero-order chi connectivity index (χ0) is 25.6. The largest absolute Gasteiger partial charge is 0.0683 e. The summed E-state index contributed by atoms with van der Waals surface area (Å²) in [6.07, 6.45) is 0. The molecule has 0 N–H and O–H groups in total. The second-order valence-electron chi connectivity index (χ2n) is 9.78. The molecule has 0 bridgehead atoms. The first-order chi connectivity index (χ1) is 18.8. The highest BCUT2D eigenvalue weighted by Crippen LogP contribution is 2.42. The number of hydrogen-bond donors (Lipinski definition) is 0. The molecule has 0 aliphatic heterocycles. The summed E-state index contributed by atoms with van der Waals surface area (Å²) in [6.45, 7) is 4.00. The fourth-order valence-electron chi connectivity index (χ4n) is 6.04. The summed E-state index contributed by atoms with van der Waals surface area (Å²) in [5.41, 5.74) is 2.58. The van der Waals surface area contributed by atoms with Crippen molar-refractivity contribution in [2.75, 3.05) is 0 Å². The van der Waals surface area contributed by atoms with Crippen molar-refractivity contribution in [3.8, 4) is 11.1 Å². The molecule has 0 saturated heterocycles. The van der Waals surface area contributed by atoms with Crippen molar-refractivity contribution in [3.63, 3.8) is 0 Å². The molecule has 0 atom stereocenters. The lowest BCUT2D eigenvalue weighted by Gasteiger charge is -2.16. The maximum atomic E-state index is 2.40. The molecule has 0 aromatic heterocycles. The Kier molecular flexibility index (Phi) is 5.34. The van der Waals surface area contributed by atoms with E-state index in [2.05, 4.69) is 133 Å². The van der Waals surface area contributed by atoms with Gasteiger partial charge in [0.25, 0.3) is 0 Å². The van der Waals surface area contributed by atoms with Crippen LogP contribution in [0.2, 0.25) is 0 Å². The lowest BCUT2D eigenvalue weighted by atomic mass is 9.87. The minimum Gasteiger partial charge on any atom is -0.0683 e. The Hall–Kier alpha value is -4.68. The van der Waals surface area contributed by atoms with Crippen molar-refractivity contribution in [3.05, 3.63) is 133 Å². The molecular formula is C38H28. The standard InChI is InChI=1S/C36H22.C2H6/c1-3-11-25-19-33-27(17-23(25)9-1)21-35(31-15-7-5-13-29(31)33)36-22-28-18-24-10-2-4-12-26(24)20-34(28)30-14-6-8-16-32(30)36;1-2/h1-22H;1-2H3. The molecule has 0 heterocycles. The molecule has 0 unspecified atom stereocenters. The van der Waals surface area contributed by atoms with Crippen LogP contribution in [0.5, 0.6) is 0 Å². The Labute approximate surface area is 222 Å². The third-order valence-corrected chi connectivity index (χ3v) is 7.74. The first-order valence-electron chi connectivity index (χ1n) is 13.5. The van der Waals surface area contributed by atoms with Gasteiger partial charge in [-0.3, -0.25) is 0 Å². The van der Waals surface area contributed by atoms with E-state index in [4.69, 9.17) is 0 Å². The second-order valence-corrected chi connectivity index (χ2v) is 9.78. The van der Waals surface area contributed by atoms with Gasteiger partial charge in [0.2, 0.25) is 0 Å². The van der Waals surface area contributed by atoms with E-state index in [1.807, 2.05) is 13.8 Å². The predicted molar refractivity (Wildman–Crippen MR) is 168 cm³/mol. The average Bonchev–Trinajstić information content (AvgIpc) is 2.99. The Morgan fingerprint density at radius 2 is 0.579 bits per heavy atom. The van der Waals surface area contributed by atoms with E-state index in [9.17, 15) is 0 Å². The summed E-state index contributed by atoms with van der Waals surface area (Å²) in [5.74, 6) is 0. The maximum absolute atomic E-state index is 2.40. The second kappa shape index (κ2) is 9.01. The Balaban J connectivity index is 0.00000118. The Morgan fingerprint density at radius 3 is 0.974 bits per heavy atom. The van der Waals surface area contributed by atoms with Gasteiger partial charge in [0.05, 0.1) is 0 Å². The molecule has 0 amide bonds. The molecule has 0 saturated carbocycles. The zero-order valence-electron chi connectivity index (χ0n) is 21.7. The molecule has 180 valence electrons. The van der Waals surface area contributed by atoms with Crippen LogP contribution in [0.25, 0.3) is 75.8 Å². The minimum atomic E-state index is 1.28. The van der Waals surface area contributed by atoms with Crippen LogP contribution in [0.1, 0.15) is 13.8 Å². The van der Waals surface area contributed by atoms with Crippen LogP contribution in [0.3, 0.4) is 0 Å². The zero-order valence-corrected chi connectivity index (χ0v) is 21.7. The number of hydrogen-bond acceptors (Lipinski definition) is 0. The summed E-state index contributed by atoms with van der Waals surface area (Å²) < 4.78 is 0. The molecule has 8 aromatic carbocycles. The summed E-state index contributed by atoms with van der Waals surface area (Å²) in [6, 6.07) is 49.2. The van der Waals surface area contributed by atoms with Gasteiger partial charge in [0.1, 0.15) is 0 Å². The van der Waals surface area contributed by atoms with E-state index in [0.29, 0.717) is 0 Å². The Morgan fingerprint density at radius 1 is 0.263 bits per heavy atom. The first-order valence-corrected chi connectivity index (χ1v) is 13.5. The van der Waals surface area contributed by atoms with Crippen molar-refractivity contribution in [1.82, 2.24) is 0 Å². The number of rotatable bonds is 1. The van der Waals surface area contributed by atoms with Gasteiger partial charge >= 0.3 is 0 Å². The monoisotopic (exact) mass is 484 g/mol. The number of benzene rings is 8. The van der Waals surface area contributed by atoms with Crippen LogP contribution < -0.4 is 0 Å². The Bertz CT molecular complexity index is 1990. The van der Waals surface area contributed by atoms with Gasteiger partial charge in [0, 0.05) is 0 Å². The summed E-state index contributed by atoms with van der Waals surface area (Å²) in [7, 11) is 0. The maximum Gasteiger partial charge on any atom is -0.00926 e. The highest BCUT2D eigenvalue weighted by atomic mass is 14.2. The van der Waals surface area contributed by atoms with Crippen molar-refractivity contribution in [2.45, 2.75) is 13.8 Å². The SMILES string of the molecule is CC.c1ccc2cc3c(cc(-c4cc5cc6ccccc6cc5c5ccccc45)c4ccccc43)cc2c1. The van der Waals surface area contributed by atoms with Crippen LogP contribution >= 0.6 is 0 Å². The number of fused-ring (bicyclic) bond motifs is 8. The quantitative estimate of drug-likeness (QED) is 0.160. The van der Waals surface area contributed by atoms with Crippen LogP contribution in [0.4, 0.5) is 0 Å². The molecule has 38 heavy (non-hydrogen) atoms. The average molecular weight is 485 g/mol. The van der Waals surface area contributed by atoms with Crippen LogP contribution in [-0.2, 0) is 0 Å². The van der Waals surface area contributed by atoms with Crippen molar-refractivity contribution in [2.24, 2.45) is 0 Å². The third-order valence-electron chi connectivity index (χ3n) is 7.74. The fourth-order valence-corrected chi connectivity index (χ4v) is 6.04. The van der Waals surface area contributed by atoms with Crippen LogP contribution in [-0.4, -0.2) is 0 Å². The predicted octanol–water partition coefficient (Wildman–Crippen LogP) is 11.3. The normalized spacial score (nSPS) is 11.4. The van der Waals surface area contributed by atoms with Gasteiger partial charge in [0.15, 0.2) is 0 Å². The van der Waals surface area contributed by atoms with Gasteiger partial charge in [-0.25, -0.2) is 0 Å². The topological polar surface area (TPSA) is 0 Å². The highest BCUT2D eigenvalue weighted by Gasteiger charge is 2.14. The molecule has 0 heteroatoms. The molecular weight excluding hydrogens is 456 g/mol. The molecule has 0 radical (unpaired) electrons. The van der Waals surface area contributed by atoms with Gasteiger partial charge in [-0.05, 0) is 112 Å². The van der Waals surface area contributed by atoms with Crippen LogP contribution in [0, 0.1) is 0 Å². The first kappa shape index (κ1) is 22.5. The van der Waals surface area contributed by atoms with E-state index in [1.54, 1.807) is 0 Å². The highest BCUT2D eigenvalue weighted by molar-refractivity contribution is 6.22. The lowest BCUT2D eigenvalue weighted by molar-refractivity contribution is 1.50. The summed E-state index contributed by atoms with van der Waals surface area (Å²) >= 11 is 0. The van der Waals surface area contributed by atoms with Crippen molar-refractivity contribution >= 4 is 64.6 Å². The van der Waals surface area contributed by atoms with Crippen molar-refractivity contribution < 1.29 is 0 Å². The molecule has 0 aliphatic carbocycles. The van der Waals surface area contributed by atoms with Gasteiger partial charge < -0.3 is 0 Å². The molecule has 0 spiro atoms. The fraction of sp³-hybridized carbons (Fsp3) is 0.0526. The summed E-state index contributed by atoms with van der Waals surface area (Å²) in [5, 5.41) is 15.5. The van der Waals surface area contributed by atoms with E-state index < -0.39 is 0 Å². The lowest BCUT2D eigenvalue weighted by Crippen LogP contribution is -1.89. The molecule has 0 fully saturated rings. The smallest absolute Gasteiger partial charge is 0.00926 e. The van der Waals surface area contributed by atoms with E-state index in [0.717, 1.165) is 0 Å². The molecule has 8 aromatic rings. The molecule has 0 aliphatic rings. The van der Waals surface area contributed by atoms with E-state index in [-0.39, 0.29) is 0 Å².